The second kappa shape index (κ2) is 5.26. The largest absolute Gasteiger partial charge is 0.493 e. The first-order valence-electron chi connectivity index (χ1n) is 5.89. The Morgan fingerprint density at radius 2 is 2.11 bits per heavy atom. The normalized spacial score (nSPS) is 19.4. The molecule has 1 heterocycles. The summed E-state index contributed by atoms with van der Waals surface area (Å²) in [6.45, 7) is 1.03. The highest BCUT2D eigenvalue weighted by Gasteiger charge is 2.23. The zero-order chi connectivity index (χ0) is 13.2. The van der Waals surface area contributed by atoms with Gasteiger partial charge >= 0.3 is 0 Å². The van der Waals surface area contributed by atoms with Crippen molar-refractivity contribution in [3.8, 4) is 5.75 Å². The summed E-state index contributed by atoms with van der Waals surface area (Å²) in [5, 5.41) is 0. The van der Waals surface area contributed by atoms with E-state index in [4.69, 9.17) is 4.74 Å². The molecule has 0 bridgehead atoms. The van der Waals surface area contributed by atoms with E-state index in [1.165, 1.54) is 18.4 Å². The molecule has 1 N–H and O–H groups in total. The Morgan fingerprint density at radius 1 is 1.39 bits per heavy atom. The van der Waals surface area contributed by atoms with Gasteiger partial charge in [-0.2, -0.15) is 12.7 Å². The molecule has 1 aromatic carbocycles. The van der Waals surface area contributed by atoms with Gasteiger partial charge in [0.05, 0.1) is 6.61 Å². The number of fused-ring (bicyclic) bond motifs is 1. The predicted octanol–water partition coefficient (Wildman–Crippen LogP) is 0.949. The summed E-state index contributed by atoms with van der Waals surface area (Å²) >= 11 is 0. The molecule has 0 spiro atoms. The minimum absolute atomic E-state index is 0.171. The van der Waals surface area contributed by atoms with Gasteiger partial charge in [0.25, 0.3) is 10.2 Å². The maximum absolute atomic E-state index is 11.7. The Labute approximate surface area is 108 Å². The Hall–Kier alpha value is -1.11. The van der Waals surface area contributed by atoms with E-state index in [0.29, 0.717) is 13.2 Å². The minimum Gasteiger partial charge on any atom is -0.493 e. The SMILES string of the molecule is CN(C)S(=O)(=O)NCC1CCOc2ccccc21. The molecular weight excluding hydrogens is 252 g/mol. The van der Waals surface area contributed by atoms with E-state index in [-0.39, 0.29) is 5.92 Å². The van der Waals surface area contributed by atoms with Gasteiger partial charge in [-0.25, -0.2) is 4.72 Å². The van der Waals surface area contributed by atoms with Crippen molar-refractivity contribution in [2.24, 2.45) is 0 Å². The molecular formula is C12H18N2O3S. The summed E-state index contributed by atoms with van der Waals surface area (Å²) in [5.41, 5.74) is 1.07. The van der Waals surface area contributed by atoms with Crippen LogP contribution in [-0.4, -0.2) is 40.0 Å². The van der Waals surface area contributed by atoms with E-state index in [1.54, 1.807) is 0 Å². The van der Waals surface area contributed by atoms with Crippen molar-refractivity contribution in [1.82, 2.24) is 9.03 Å². The van der Waals surface area contributed by atoms with Crippen molar-refractivity contribution in [3.05, 3.63) is 29.8 Å². The van der Waals surface area contributed by atoms with Crippen molar-refractivity contribution in [2.45, 2.75) is 12.3 Å². The quantitative estimate of drug-likeness (QED) is 0.886. The van der Waals surface area contributed by atoms with Crippen LogP contribution in [0.25, 0.3) is 0 Å². The fraction of sp³-hybridized carbons (Fsp3) is 0.500. The number of nitrogens with zero attached hydrogens (tertiary/aromatic N) is 1. The number of benzene rings is 1. The van der Waals surface area contributed by atoms with Gasteiger partial charge in [-0.15, -0.1) is 0 Å². The average Bonchev–Trinajstić information content (AvgIpc) is 2.36. The molecule has 0 radical (unpaired) electrons. The molecule has 1 aromatic rings. The summed E-state index contributed by atoms with van der Waals surface area (Å²) in [6, 6.07) is 7.78. The molecule has 0 fully saturated rings. The molecule has 1 aliphatic heterocycles. The molecule has 0 saturated carbocycles. The summed E-state index contributed by atoms with van der Waals surface area (Å²) in [4.78, 5) is 0. The van der Waals surface area contributed by atoms with E-state index >= 15 is 0 Å². The minimum atomic E-state index is -3.36. The number of para-hydroxylation sites is 1. The molecule has 1 unspecified atom stereocenters. The Morgan fingerprint density at radius 3 is 2.83 bits per heavy atom. The van der Waals surface area contributed by atoms with Gasteiger partial charge in [-0.1, -0.05) is 18.2 Å². The topological polar surface area (TPSA) is 58.6 Å². The van der Waals surface area contributed by atoms with Crippen LogP contribution < -0.4 is 9.46 Å². The number of hydrogen-bond acceptors (Lipinski definition) is 3. The van der Waals surface area contributed by atoms with Crippen LogP contribution in [0.5, 0.6) is 5.75 Å². The lowest BCUT2D eigenvalue weighted by atomic mass is 9.93. The Balaban J connectivity index is 2.09. The smallest absolute Gasteiger partial charge is 0.278 e. The van der Waals surface area contributed by atoms with Gasteiger partial charge in [0.1, 0.15) is 5.75 Å². The van der Waals surface area contributed by atoms with E-state index < -0.39 is 10.2 Å². The van der Waals surface area contributed by atoms with Gasteiger partial charge in [-0.05, 0) is 18.1 Å². The molecule has 100 valence electrons. The average molecular weight is 270 g/mol. The zero-order valence-corrected chi connectivity index (χ0v) is 11.4. The lowest BCUT2D eigenvalue weighted by molar-refractivity contribution is 0.267. The molecule has 0 aliphatic carbocycles. The monoisotopic (exact) mass is 270 g/mol. The predicted molar refractivity (Wildman–Crippen MR) is 69.9 cm³/mol. The van der Waals surface area contributed by atoms with E-state index in [2.05, 4.69) is 4.72 Å². The molecule has 1 aliphatic rings. The first-order valence-corrected chi connectivity index (χ1v) is 7.33. The van der Waals surface area contributed by atoms with Crippen LogP contribution in [0.2, 0.25) is 0 Å². The van der Waals surface area contributed by atoms with Crippen LogP contribution in [0.3, 0.4) is 0 Å². The zero-order valence-electron chi connectivity index (χ0n) is 10.6. The van der Waals surface area contributed by atoms with Crippen LogP contribution in [-0.2, 0) is 10.2 Å². The van der Waals surface area contributed by atoms with Gasteiger partial charge < -0.3 is 4.74 Å². The Kier molecular flexibility index (Phi) is 3.89. The first-order chi connectivity index (χ1) is 8.50. The van der Waals surface area contributed by atoms with E-state index in [9.17, 15) is 8.42 Å². The Bertz CT molecular complexity index is 514. The molecule has 2 rings (SSSR count). The summed E-state index contributed by atoms with van der Waals surface area (Å²) < 4.78 is 32.7. The van der Waals surface area contributed by atoms with Crippen LogP contribution in [0, 0.1) is 0 Å². The maximum atomic E-state index is 11.7. The maximum Gasteiger partial charge on any atom is 0.278 e. The number of nitrogens with one attached hydrogen (secondary N) is 1. The fourth-order valence-electron chi connectivity index (χ4n) is 1.96. The molecule has 0 saturated heterocycles. The van der Waals surface area contributed by atoms with Crippen LogP contribution in [0.1, 0.15) is 17.9 Å². The lowest BCUT2D eigenvalue weighted by Crippen LogP contribution is -2.38. The summed E-state index contributed by atoms with van der Waals surface area (Å²) in [5.74, 6) is 1.03. The van der Waals surface area contributed by atoms with Crippen molar-refractivity contribution in [3.63, 3.8) is 0 Å². The molecule has 1 atom stereocenters. The van der Waals surface area contributed by atoms with Crippen molar-refractivity contribution < 1.29 is 13.2 Å². The third-order valence-corrected chi connectivity index (χ3v) is 4.57. The molecule has 5 nitrogen and oxygen atoms in total. The number of rotatable bonds is 4. The molecule has 0 aromatic heterocycles. The van der Waals surface area contributed by atoms with Crippen LogP contribution in [0.4, 0.5) is 0 Å². The highest BCUT2D eigenvalue weighted by atomic mass is 32.2. The highest BCUT2D eigenvalue weighted by molar-refractivity contribution is 7.87. The van der Waals surface area contributed by atoms with Gasteiger partial charge in [-0.3, -0.25) is 0 Å². The summed E-state index contributed by atoms with van der Waals surface area (Å²) in [6.07, 6.45) is 0.826. The highest BCUT2D eigenvalue weighted by Crippen LogP contribution is 2.32. The van der Waals surface area contributed by atoms with Gasteiger partial charge in [0.2, 0.25) is 0 Å². The first kappa shape index (κ1) is 13.3. The van der Waals surface area contributed by atoms with Crippen LogP contribution in [0.15, 0.2) is 24.3 Å². The molecule has 6 heteroatoms. The van der Waals surface area contributed by atoms with Gasteiger partial charge in [0.15, 0.2) is 0 Å². The second-order valence-electron chi connectivity index (χ2n) is 4.51. The molecule has 18 heavy (non-hydrogen) atoms. The molecule has 0 amide bonds. The second-order valence-corrected chi connectivity index (χ2v) is 6.48. The van der Waals surface area contributed by atoms with Crippen molar-refractivity contribution in [2.75, 3.05) is 27.2 Å². The van der Waals surface area contributed by atoms with Crippen molar-refractivity contribution in [1.29, 1.82) is 0 Å². The lowest BCUT2D eigenvalue weighted by Gasteiger charge is -2.26. The standard InChI is InChI=1S/C12H18N2O3S/c1-14(2)18(15,16)13-9-10-7-8-17-12-6-4-3-5-11(10)12/h3-6,10,13H,7-9H2,1-2H3. The van der Waals surface area contributed by atoms with E-state index in [1.807, 2.05) is 24.3 Å². The number of hydrogen-bond donors (Lipinski definition) is 1. The fourth-order valence-corrected chi connectivity index (χ4v) is 2.63. The summed E-state index contributed by atoms with van der Waals surface area (Å²) in [7, 11) is -0.329. The van der Waals surface area contributed by atoms with Crippen molar-refractivity contribution >= 4 is 10.2 Å². The third-order valence-electron chi connectivity index (χ3n) is 3.08. The van der Waals surface area contributed by atoms with Crippen LogP contribution >= 0.6 is 0 Å². The van der Waals surface area contributed by atoms with Gasteiger partial charge in [0, 0.05) is 26.6 Å². The van der Waals surface area contributed by atoms with E-state index in [0.717, 1.165) is 17.7 Å². The number of ether oxygens (including phenoxy) is 1. The third kappa shape index (κ3) is 2.82.